The van der Waals surface area contributed by atoms with Crippen molar-refractivity contribution < 1.29 is 9.53 Å². The minimum Gasteiger partial charge on any atom is -0.463 e. The van der Waals surface area contributed by atoms with E-state index in [2.05, 4.69) is 6.07 Å². The molecular weight excluding hydrogens is 196 g/mol. The molecule has 3 heteroatoms. The lowest BCUT2D eigenvalue weighted by Gasteiger charge is -1.99. The van der Waals surface area contributed by atoms with Gasteiger partial charge in [-0.25, -0.2) is 4.79 Å². The molecule has 0 aliphatic rings. The highest BCUT2D eigenvalue weighted by atomic mass is 32.1. The molecule has 0 bridgehead atoms. The molecule has 1 rings (SSSR count). The van der Waals surface area contributed by atoms with Gasteiger partial charge >= 0.3 is 5.97 Å². The zero-order valence-electron chi connectivity index (χ0n) is 8.45. The van der Waals surface area contributed by atoms with Gasteiger partial charge in [-0.2, -0.15) is 0 Å². The molecule has 1 aromatic rings. The van der Waals surface area contributed by atoms with Gasteiger partial charge in [0.25, 0.3) is 0 Å². The van der Waals surface area contributed by atoms with Gasteiger partial charge in [-0.15, -0.1) is 11.3 Å². The van der Waals surface area contributed by atoms with Gasteiger partial charge in [0.05, 0.1) is 6.61 Å². The van der Waals surface area contributed by atoms with E-state index in [1.807, 2.05) is 18.4 Å². The Morgan fingerprint density at radius 1 is 1.64 bits per heavy atom. The number of rotatable bonds is 4. The fourth-order valence-electron chi connectivity index (χ4n) is 1.12. The second kappa shape index (κ2) is 5.60. The van der Waals surface area contributed by atoms with Gasteiger partial charge in [-0.3, -0.25) is 0 Å². The maximum absolute atomic E-state index is 11.1. The third kappa shape index (κ3) is 3.75. The van der Waals surface area contributed by atoms with Gasteiger partial charge in [0, 0.05) is 17.4 Å². The van der Waals surface area contributed by atoms with Crippen molar-refractivity contribution in [3.05, 3.63) is 34.0 Å². The van der Waals surface area contributed by atoms with Crippen LogP contribution in [0.4, 0.5) is 0 Å². The molecule has 1 heterocycles. The molecule has 0 radical (unpaired) electrons. The molecule has 0 N–H and O–H groups in total. The number of thiophene rings is 1. The topological polar surface area (TPSA) is 26.3 Å². The standard InChI is InChI=1S/C11H14O2S/c1-3-13-11(12)8-9(2)7-10-5-4-6-14-10/h4-6,8H,3,7H2,1-2H3/b9-8-. The SMILES string of the molecule is CCOC(=O)/C=C(/C)Cc1cccs1. The van der Waals surface area contributed by atoms with Crippen molar-refractivity contribution in [3.8, 4) is 0 Å². The van der Waals surface area contributed by atoms with Crippen LogP contribution < -0.4 is 0 Å². The van der Waals surface area contributed by atoms with Crippen LogP contribution in [0, 0.1) is 0 Å². The molecular formula is C11H14O2S. The monoisotopic (exact) mass is 210 g/mol. The summed E-state index contributed by atoms with van der Waals surface area (Å²) in [6.45, 7) is 4.18. The lowest BCUT2D eigenvalue weighted by molar-refractivity contribution is -0.137. The Labute approximate surface area is 88.2 Å². The minimum atomic E-state index is -0.249. The minimum absolute atomic E-state index is 0.249. The van der Waals surface area contributed by atoms with Crippen molar-refractivity contribution in [1.29, 1.82) is 0 Å². The molecule has 14 heavy (non-hydrogen) atoms. The summed E-state index contributed by atoms with van der Waals surface area (Å²) < 4.78 is 4.82. The van der Waals surface area contributed by atoms with Crippen molar-refractivity contribution in [3.63, 3.8) is 0 Å². The Morgan fingerprint density at radius 3 is 3.00 bits per heavy atom. The second-order valence-electron chi connectivity index (χ2n) is 3.00. The van der Waals surface area contributed by atoms with E-state index >= 15 is 0 Å². The van der Waals surface area contributed by atoms with E-state index in [1.54, 1.807) is 24.3 Å². The average Bonchev–Trinajstić information content (AvgIpc) is 2.56. The first-order valence-corrected chi connectivity index (χ1v) is 5.46. The summed E-state index contributed by atoms with van der Waals surface area (Å²) in [7, 11) is 0. The lowest BCUT2D eigenvalue weighted by atomic mass is 10.2. The first kappa shape index (κ1) is 11.0. The van der Waals surface area contributed by atoms with Crippen LogP contribution in [0.5, 0.6) is 0 Å². The molecule has 0 atom stereocenters. The largest absolute Gasteiger partial charge is 0.463 e. The fourth-order valence-corrected chi connectivity index (χ4v) is 1.92. The number of esters is 1. The smallest absolute Gasteiger partial charge is 0.330 e. The zero-order chi connectivity index (χ0) is 10.4. The average molecular weight is 210 g/mol. The van der Waals surface area contributed by atoms with Crippen LogP contribution in [0.1, 0.15) is 18.7 Å². The van der Waals surface area contributed by atoms with Crippen LogP contribution in [-0.2, 0) is 16.0 Å². The predicted octanol–water partition coefficient (Wildman–Crippen LogP) is 2.80. The Balaban J connectivity index is 2.49. The molecule has 1 aromatic heterocycles. The maximum Gasteiger partial charge on any atom is 0.330 e. The first-order valence-electron chi connectivity index (χ1n) is 4.58. The van der Waals surface area contributed by atoms with Gasteiger partial charge < -0.3 is 4.74 Å². The van der Waals surface area contributed by atoms with E-state index < -0.39 is 0 Å². The molecule has 0 aliphatic carbocycles. The predicted molar refractivity (Wildman–Crippen MR) is 58.4 cm³/mol. The highest BCUT2D eigenvalue weighted by Gasteiger charge is 1.99. The highest BCUT2D eigenvalue weighted by molar-refractivity contribution is 7.09. The summed E-state index contributed by atoms with van der Waals surface area (Å²) in [5.41, 5.74) is 1.03. The van der Waals surface area contributed by atoms with Crippen molar-refractivity contribution >= 4 is 17.3 Å². The van der Waals surface area contributed by atoms with E-state index in [9.17, 15) is 4.79 Å². The first-order chi connectivity index (χ1) is 6.72. The van der Waals surface area contributed by atoms with Crippen LogP contribution in [0.15, 0.2) is 29.2 Å². The summed E-state index contributed by atoms with van der Waals surface area (Å²) >= 11 is 1.70. The van der Waals surface area contributed by atoms with Gasteiger partial charge in [0.2, 0.25) is 0 Å². The van der Waals surface area contributed by atoms with Crippen LogP contribution >= 0.6 is 11.3 Å². The molecule has 76 valence electrons. The molecule has 0 amide bonds. The van der Waals surface area contributed by atoms with Crippen molar-refractivity contribution in [2.24, 2.45) is 0 Å². The summed E-state index contributed by atoms with van der Waals surface area (Å²) in [5, 5.41) is 2.03. The maximum atomic E-state index is 11.1. The van der Waals surface area contributed by atoms with Crippen LogP contribution in [-0.4, -0.2) is 12.6 Å². The molecule has 2 nitrogen and oxygen atoms in total. The van der Waals surface area contributed by atoms with E-state index in [0.29, 0.717) is 6.61 Å². The van der Waals surface area contributed by atoms with Crippen molar-refractivity contribution in [2.45, 2.75) is 20.3 Å². The Hall–Kier alpha value is -1.09. The number of hydrogen-bond donors (Lipinski definition) is 0. The van der Waals surface area contributed by atoms with E-state index in [4.69, 9.17) is 4.74 Å². The third-order valence-electron chi connectivity index (χ3n) is 1.68. The lowest BCUT2D eigenvalue weighted by Crippen LogP contribution is -2.00. The van der Waals surface area contributed by atoms with Crippen LogP contribution in [0.2, 0.25) is 0 Å². The highest BCUT2D eigenvalue weighted by Crippen LogP contribution is 2.13. The normalized spacial score (nSPS) is 11.4. The number of carbonyl (C=O) groups excluding carboxylic acids is 1. The number of hydrogen-bond acceptors (Lipinski definition) is 3. The van der Waals surface area contributed by atoms with Crippen molar-refractivity contribution in [1.82, 2.24) is 0 Å². The fraction of sp³-hybridized carbons (Fsp3) is 0.364. The summed E-state index contributed by atoms with van der Waals surface area (Å²) in [5.74, 6) is -0.249. The molecule has 0 aliphatic heterocycles. The third-order valence-corrected chi connectivity index (χ3v) is 2.56. The summed E-state index contributed by atoms with van der Waals surface area (Å²) in [4.78, 5) is 12.4. The van der Waals surface area contributed by atoms with Crippen molar-refractivity contribution in [2.75, 3.05) is 6.61 Å². The van der Waals surface area contributed by atoms with Gasteiger partial charge in [0.15, 0.2) is 0 Å². The van der Waals surface area contributed by atoms with E-state index in [-0.39, 0.29) is 5.97 Å². The quantitative estimate of drug-likeness (QED) is 0.564. The molecule has 0 fully saturated rings. The Kier molecular flexibility index (Phi) is 4.40. The number of ether oxygens (including phenoxy) is 1. The van der Waals surface area contributed by atoms with E-state index in [0.717, 1.165) is 12.0 Å². The zero-order valence-corrected chi connectivity index (χ0v) is 9.26. The van der Waals surface area contributed by atoms with Crippen LogP contribution in [0.25, 0.3) is 0 Å². The molecule has 0 aromatic carbocycles. The van der Waals surface area contributed by atoms with Gasteiger partial charge in [0.1, 0.15) is 0 Å². The number of allylic oxidation sites excluding steroid dienone is 1. The Morgan fingerprint density at radius 2 is 2.43 bits per heavy atom. The molecule has 0 spiro atoms. The van der Waals surface area contributed by atoms with Gasteiger partial charge in [-0.05, 0) is 25.3 Å². The molecule has 0 saturated heterocycles. The van der Waals surface area contributed by atoms with E-state index in [1.165, 1.54) is 4.88 Å². The van der Waals surface area contributed by atoms with Gasteiger partial charge in [-0.1, -0.05) is 11.6 Å². The number of carbonyl (C=O) groups is 1. The summed E-state index contributed by atoms with van der Waals surface area (Å²) in [6, 6.07) is 4.07. The Bertz CT molecular complexity index is 312. The second-order valence-corrected chi connectivity index (χ2v) is 4.03. The summed E-state index contributed by atoms with van der Waals surface area (Å²) in [6.07, 6.45) is 2.39. The van der Waals surface area contributed by atoms with Crippen LogP contribution in [0.3, 0.4) is 0 Å². The molecule has 0 unspecified atom stereocenters. The molecule has 0 saturated carbocycles.